The van der Waals surface area contributed by atoms with Crippen molar-refractivity contribution in [3.05, 3.63) is 65.9 Å². The Hall–Kier alpha value is -2.14. The van der Waals surface area contributed by atoms with Gasteiger partial charge in [0.25, 0.3) is 0 Å². The van der Waals surface area contributed by atoms with Crippen molar-refractivity contribution < 1.29 is 8.78 Å². The Kier molecular flexibility index (Phi) is 3.75. The van der Waals surface area contributed by atoms with Gasteiger partial charge in [-0.1, -0.05) is 6.07 Å². The van der Waals surface area contributed by atoms with Crippen LogP contribution in [0, 0.1) is 11.6 Å². The van der Waals surface area contributed by atoms with Crippen molar-refractivity contribution in [3.63, 3.8) is 0 Å². The van der Waals surface area contributed by atoms with Gasteiger partial charge in [0.15, 0.2) is 0 Å². The summed E-state index contributed by atoms with van der Waals surface area (Å²) in [5.41, 5.74) is 8.37. The van der Waals surface area contributed by atoms with E-state index in [2.05, 4.69) is 4.98 Å². The van der Waals surface area contributed by atoms with Gasteiger partial charge in [-0.05, 0) is 35.9 Å². The molecule has 0 atom stereocenters. The molecule has 0 aliphatic rings. The van der Waals surface area contributed by atoms with E-state index < -0.39 is 11.6 Å². The molecule has 21 heavy (non-hydrogen) atoms. The monoisotopic (exact) mass is 302 g/mol. The van der Waals surface area contributed by atoms with Crippen molar-refractivity contribution >= 4 is 28.4 Å². The van der Waals surface area contributed by atoms with Crippen LogP contribution in [0.15, 0.2) is 53.6 Å². The molecule has 0 saturated heterocycles. The van der Waals surface area contributed by atoms with Crippen molar-refractivity contribution in [2.75, 3.05) is 5.73 Å². The van der Waals surface area contributed by atoms with E-state index in [9.17, 15) is 8.78 Å². The van der Waals surface area contributed by atoms with Crippen LogP contribution in [0.4, 0.5) is 14.5 Å². The lowest BCUT2D eigenvalue weighted by Gasteiger charge is -2.08. The van der Waals surface area contributed by atoms with Gasteiger partial charge in [0.2, 0.25) is 0 Å². The number of anilines is 1. The fourth-order valence-corrected chi connectivity index (χ4v) is 3.02. The van der Waals surface area contributed by atoms with Crippen LogP contribution in [0.5, 0.6) is 0 Å². The highest BCUT2D eigenvalue weighted by Gasteiger charge is 2.08. The number of halogens is 2. The maximum Gasteiger partial charge on any atom is 0.139 e. The Bertz CT molecular complexity index is 805. The lowest BCUT2D eigenvalue weighted by Crippen LogP contribution is -1.93. The number of hydrogen-bond donors (Lipinski definition) is 1. The minimum atomic E-state index is -0.573. The number of benzene rings is 2. The second-order valence-electron chi connectivity index (χ2n) is 4.58. The van der Waals surface area contributed by atoms with E-state index >= 15 is 0 Å². The van der Waals surface area contributed by atoms with Crippen LogP contribution in [0.25, 0.3) is 10.9 Å². The standard InChI is InChI=1S/C16H12F2N2S/c17-11-4-6-15(13(18)8-11)21-9-10-3-5-14(19)12-2-1-7-20-16(10)12/h1-8H,9,19H2. The molecule has 2 aromatic carbocycles. The fourth-order valence-electron chi connectivity index (χ4n) is 2.12. The summed E-state index contributed by atoms with van der Waals surface area (Å²) in [7, 11) is 0. The fraction of sp³-hybridized carbons (Fsp3) is 0.0625. The minimum absolute atomic E-state index is 0.414. The quantitative estimate of drug-likeness (QED) is 0.576. The number of thioether (sulfide) groups is 1. The smallest absolute Gasteiger partial charge is 0.139 e. The van der Waals surface area contributed by atoms with E-state index in [0.29, 0.717) is 16.3 Å². The van der Waals surface area contributed by atoms with Crippen LogP contribution in [0.3, 0.4) is 0 Å². The van der Waals surface area contributed by atoms with E-state index in [1.54, 1.807) is 6.20 Å². The zero-order valence-corrected chi connectivity index (χ0v) is 11.8. The summed E-state index contributed by atoms with van der Waals surface area (Å²) in [4.78, 5) is 4.76. The predicted octanol–water partition coefficient (Wildman–Crippen LogP) is 4.39. The van der Waals surface area contributed by atoms with Crippen molar-refractivity contribution in [3.8, 4) is 0 Å². The van der Waals surface area contributed by atoms with E-state index in [-0.39, 0.29) is 0 Å². The third-order valence-corrected chi connectivity index (χ3v) is 4.26. The van der Waals surface area contributed by atoms with E-state index in [4.69, 9.17) is 5.73 Å². The van der Waals surface area contributed by atoms with Crippen LogP contribution >= 0.6 is 11.8 Å². The first-order valence-corrected chi connectivity index (χ1v) is 7.33. The molecule has 0 saturated carbocycles. The molecule has 3 aromatic rings. The molecule has 0 amide bonds. The molecule has 0 spiro atoms. The Labute approximate surface area is 125 Å². The highest BCUT2D eigenvalue weighted by molar-refractivity contribution is 7.98. The Morgan fingerprint density at radius 3 is 2.76 bits per heavy atom. The van der Waals surface area contributed by atoms with Gasteiger partial charge in [0.05, 0.1) is 5.52 Å². The number of nitrogens with two attached hydrogens (primary N) is 1. The molecule has 0 radical (unpaired) electrons. The molecule has 5 heteroatoms. The van der Waals surface area contributed by atoms with E-state index in [0.717, 1.165) is 22.5 Å². The Balaban J connectivity index is 1.90. The average Bonchev–Trinajstić information content (AvgIpc) is 2.48. The third-order valence-electron chi connectivity index (χ3n) is 3.16. The number of fused-ring (bicyclic) bond motifs is 1. The Morgan fingerprint density at radius 1 is 1.10 bits per heavy atom. The molecule has 0 aliphatic heterocycles. The number of nitrogens with zero attached hydrogens (tertiary/aromatic N) is 1. The Morgan fingerprint density at radius 2 is 1.95 bits per heavy atom. The van der Waals surface area contributed by atoms with Gasteiger partial charge in [-0.25, -0.2) is 8.78 Å². The predicted molar refractivity (Wildman–Crippen MR) is 82.1 cm³/mol. The molecule has 3 rings (SSSR count). The van der Waals surface area contributed by atoms with Gasteiger partial charge < -0.3 is 5.73 Å². The number of rotatable bonds is 3. The maximum absolute atomic E-state index is 13.6. The van der Waals surface area contributed by atoms with Crippen molar-refractivity contribution in [2.24, 2.45) is 0 Å². The first kappa shape index (κ1) is 13.8. The van der Waals surface area contributed by atoms with E-state index in [1.165, 1.54) is 23.9 Å². The topological polar surface area (TPSA) is 38.9 Å². The molecule has 0 fully saturated rings. The summed E-state index contributed by atoms with van der Waals surface area (Å²) in [6, 6.07) is 11.0. The van der Waals surface area contributed by atoms with Crippen molar-refractivity contribution in [1.82, 2.24) is 4.98 Å². The molecule has 106 valence electrons. The van der Waals surface area contributed by atoms with Gasteiger partial charge in [0.1, 0.15) is 11.6 Å². The summed E-state index contributed by atoms with van der Waals surface area (Å²) >= 11 is 1.31. The molecular weight excluding hydrogens is 290 g/mol. The lowest BCUT2D eigenvalue weighted by molar-refractivity contribution is 0.565. The molecule has 1 aromatic heterocycles. The van der Waals surface area contributed by atoms with Gasteiger partial charge in [0, 0.05) is 34.0 Å². The number of hydrogen-bond acceptors (Lipinski definition) is 3. The first-order chi connectivity index (χ1) is 10.1. The summed E-state index contributed by atoms with van der Waals surface area (Å²) in [6.07, 6.45) is 1.70. The van der Waals surface area contributed by atoms with Crippen LogP contribution in [0.2, 0.25) is 0 Å². The third kappa shape index (κ3) is 2.83. The molecule has 2 nitrogen and oxygen atoms in total. The highest BCUT2D eigenvalue weighted by Crippen LogP contribution is 2.30. The van der Waals surface area contributed by atoms with E-state index in [1.807, 2.05) is 24.3 Å². The second kappa shape index (κ2) is 5.69. The van der Waals surface area contributed by atoms with Crippen LogP contribution in [-0.4, -0.2) is 4.98 Å². The average molecular weight is 302 g/mol. The van der Waals surface area contributed by atoms with Gasteiger partial charge in [-0.15, -0.1) is 11.8 Å². The van der Waals surface area contributed by atoms with Crippen molar-refractivity contribution in [1.29, 1.82) is 0 Å². The number of pyridine rings is 1. The molecule has 1 heterocycles. The summed E-state index contributed by atoms with van der Waals surface area (Å²) in [6.45, 7) is 0. The zero-order valence-electron chi connectivity index (χ0n) is 11.0. The highest BCUT2D eigenvalue weighted by atomic mass is 32.2. The van der Waals surface area contributed by atoms with Crippen LogP contribution < -0.4 is 5.73 Å². The van der Waals surface area contributed by atoms with Gasteiger partial charge in [-0.3, -0.25) is 4.98 Å². The van der Waals surface area contributed by atoms with Gasteiger partial charge >= 0.3 is 0 Å². The largest absolute Gasteiger partial charge is 0.398 e. The molecular formula is C16H12F2N2S. The maximum atomic E-state index is 13.6. The summed E-state index contributed by atoms with van der Waals surface area (Å²) in [5.74, 6) is -0.583. The molecule has 0 unspecified atom stereocenters. The normalized spacial score (nSPS) is 11.0. The van der Waals surface area contributed by atoms with Crippen LogP contribution in [-0.2, 0) is 5.75 Å². The summed E-state index contributed by atoms with van der Waals surface area (Å²) in [5, 5.41) is 0.884. The lowest BCUT2D eigenvalue weighted by atomic mass is 10.1. The summed E-state index contributed by atoms with van der Waals surface area (Å²) < 4.78 is 26.5. The second-order valence-corrected chi connectivity index (χ2v) is 5.59. The number of aromatic nitrogens is 1. The van der Waals surface area contributed by atoms with Gasteiger partial charge in [-0.2, -0.15) is 0 Å². The van der Waals surface area contributed by atoms with Crippen molar-refractivity contribution in [2.45, 2.75) is 10.6 Å². The number of nitrogen functional groups attached to an aromatic ring is 1. The SMILES string of the molecule is Nc1ccc(CSc2ccc(F)cc2F)c2ncccc12. The molecule has 0 bridgehead atoms. The first-order valence-electron chi connectivity index (χ1n) is 6.35. The minimum Gasteiger partial charge on any atom is -0.398 e. The molecule has 0 aliphatic carbocycles. The molecule has 2 N–H and O–H groups in total. The zero-order chi connectivity index (χ0) is 14.8. The van der Waals surface area contributed by atoms with Crippen LogP contribution in [0.1, 0.15) is 5.56 Å².